The molecule has 2 heterocycles. The molecule has 1 atom stereocenters. The largest absolute Gasteiger partial charge is 0.309 e. The molecule has 13 aromatic rings. The molecule has 0 saturated heterocycles. The maximum Gasteiger partial charge on any atom is 0.0754 e. The van der Waals surface area contributed by atoms with Crippen molar-refractivity contribution in [2.45, 2.75) is 5.41 Å². The van der Waals surface area contributed by atoms with E-state index in [9.17, 15) is 0 Å². The Morgan fingerprint density at radius 2 is 0.747 bits per heavy atom. The van der Waals surface area contributed by atoms with Crippen molar-refractivity contribution >= 4 is 38.9 Å². The number of benzene rings is 12. The first kappa shape index (κ1) is 42.9. The lowest BCUT2D eigenvalue weighted by Crippen LogP contribution is -2.33. The minimum atomic E-state index is -0.547. The third-order valence-electron chi connectivity index (χ3n) is 16.0. The van der Waals surface area contributed by atoms with Crippen molar-refractivity contribution in [3.8, 4) is 72.4 Å². The molecule has 2 aliphatic rings. The second kappa shape index (κ2) is 17.2. The Bertz CT molecular complexity index is 4360. The van der Waals surface area contributed by atoms with Crippen molar-refractivity contribution in [1.29, 1.82) is 0 Å². The molecule has 75 heavy (non-hydrogen) atoms. The number of nitrogens with zero attached hydrogens (tertiary/aromatic N) is 2. The summed E-state index contributed by atoms with van der Waals surface area (Å²) in [5.41, 5.74) is 26.0. The van der Waals surface area contributed by atoms with Gasteiger partial charge >= 0.3 is 0 Å². The maximum absolute atomic E-state index is 2.52. The fourth-order valence-electron chi connectivity index (χ4n) is 12.8. The molecule has 0 saturated carbocycles. The van der Waals surface area contributed by atoms with Crippen LogP contribution in [-0.2, 0) is 5.41 Å². The first-order valence-corrected chi connectivity index (χ1v) is 26.0. The van der Waals surface area contributed by atoms with Crippen LogP contribution in [0.4, 0.5) is 17.1 Å². The summed E-state index contributed by atoms with van der Waals surface area (Å²) in [7, 11) is 0. The molecule has 12 aromatic carbocycles. The molecule has 0 bridgehead atoms. The first-order valence-electron chi connectivity index (χ1n) is 26.0. The summed E-state index contributed by atoms with van der Waals surface area (Å²) < 4.78 is 2.52. The van der Waals surface area contributed by atoms with E-state index in [-0.39, 0.29) is 0 Å². The zero-order valence-corrected chi connectivity index (χ0v) is 41.1. The van der Waals surface area contributed by atoms with Gasteiger partial charge in [-0.1, -0.05) is 243 Å². The van der Waals surface area contributed by atoms with Crippen LogP contribution in [0, 0.1) is 0 Å². The number of hydrogen-bond donors (Lipinski definition) is 0. The van der Waals surface area contributed by atoms with E-state index in [1.807, 2.05) is 0 Å². The molecule has 1 unspecified atom stereocenters. The Morgan fingerprint density at radius 3 is 1.52 bits per heavy atom. The van der Waals surface area contributed by atoms with Gasteiger partial charge in [-0.05, 0) is 126 Å². The number of hydrogen-bond acceptors (Lipinski definition) is 1. The van der Waals surface area contributed by atoms with Crippen LogP contribution in [0.3, 0.4) is 0 Å². The third kappa shape index (κ3) is 6.60. The number of para-hydroxylation sites is 5. The van der Waals surface area contributed by atoms with Gasteiger partial charge in [0.25, 0.3) is 0 Å². The molecule has 1 aliphatic carbocycles. The summed E-state index contributed by atoms with van der Waals surface area (Å²) in [5.74, 6) is 0. The van der Waals surface area contributed by atoms with Crippen LogP contribution in [0.25, 0.3) is 94.3 Å². The normalized spacial score (nSPS) is 13.9. The van der Waals surface area contributed by atoms with Gasteiger partial charge in [-0.3, -0.25) is 0 Å². The summed E-state index contributed by atoms with van der Waals surface area (Å²) in [4.78, 5) is 2.48. The molecule has 0 fully saturated rings. The summed E-state index contributed by atoms with van der Waals surface area (Å²) in [6, 6.07) is 108. The molecule has 0 N–H and O–H groups in total. The monoisotopic (exact) mass is 952 g/mol. The highest BCUT2D eigenvalue weighted by Gasteiger charge is 2.50. The van der Waals surface area contributed by atoms with Gasteiger partial charge in [-0.15, -0.1) is 0 Å². The lowest BCUT2D eigenvalue weighted by atomic mass is 9.65. The van der Waals surface area contributed by atoms with Crippen LogP contribution in [0.1, 0.15) is 22.3 Å². The third-order valence-corrected chi connectivity index (χ3v) is 16.0. The van der Waals surface area contributed by atoms with Gasteiger partial charge in [0, 0.05) is 27.6 Å². The van der Waals surface area contributed by atoms with Crippen LogP contribution < -0.4 is 4.90 Å². The van der Waals surface area contributed by atoms with Gasteiger partial charge in [-0.25, -0.2) is 0 Å². The molecule has 0 radical (unpaired) electrons. The van der Waals surface area contributed by atoms with Gasteiger partial charge in [0.1, 0.15) is 0 Å². The van der Waals surface area contributed by atoms with Crippen LogP contribution >= 0.6 is 0 Å². The quantitative estimate of drug-likeness (QED) is 0.147. The van der Waals surface area contributed by atoms with E-state index in [0.717, 1.165) is 44.9 Å². The Hall–Kier alpha value is -9.76. The molecule has 0 amide bonds. The predicted octanol–water partition coefficient (Wildman–Crippen LogP) is 19.3. The molecule has 15 rings (SSSR count). The van der Waals surface area contributed by atoms with Gasteiger partial charge < -0.3 is 9.47 Å². The zero-order valence-electron chi connectivity index (χ0n) is 41.1. The minimum absolute atomic E-state index is 0.547. The molecular formula is C73H48N2. The van der Waals surface area contributed by atoms with Crippen molar-refractivity contribution in [3.63, 3.8) is 0 Å². The zero-order chi connectivity index (χ0) is 49.5. The van der Waals surface area contributed by atoms with Crippen molar-refractivity contribution in [2.24, 2.45) is 0 Å². The van der Waals surface area contributed by atoms with Crippen LogP contribution in [0.5, 0.6) is 0 Å². The van der Waals surface area contributed by atoms with Crippen molar-refractivity contribution in [1.82, 2.24) is 4.57 Å². The van der Waals surface area contributed by atoms with Gasteiger partial charge in [0.15, 0.2) is 0 Å². The molecule has 350 valence electrons. The smallest absolute Gasteiger partial charge is 0.0754 e. The average Bonchev–Trinajstić information content (AvgIpc) is 4.00. The molecule has 1 spiro atoms. The lowest BCUT2D eigenvalue weighted by Gasteiger charge is -2.39. The Kier molecular flexibility index (Phi) is 9.83. The molecule has 1 aromatic heterocycles. The van der Waals surface area contributed by atoms with E-state index in [1.54, 1.807) is 0 Å². The molecule has 1 aliphatic heterocycles. The van der Waals surface area contributed by atoms with Crippen molar-refractivity contribution < 1.29 is 0 Å². The van der Waals surface area contributed by atoms with Gasteiger partial charge in [0.2, 0.25) is 0 Å². The van der Waals surface area contributed by atoms with E-state index in [0.29, 0.717) is 0 Å². The van der Waals surface area contributed by atoms with Crippen LogP contribution in [-0.4, -0.2) is 4.57 Å². The number of aromatic nitrogens is 1. The summed E-state index contributed by atoms with van der Waals surface area (Å²) in [5, 5.41) is 2.56. The lowest BCUT2D eigenvalue weighted by molar-refractivity contribution is 0.749. The van der Waals surface area contributed by atoms with E-state index in [4.69, 9.17) is 0 Å². The van der Waals surface area contributed by atoms with E-state index >= 15 is 0 Å². The summed E-state index contributed by atoms with van der Waals surface area (Å²) >= 11 is 0. The Balaban J connectivity index is 0.931. The fourth-order valence-corrected chi connectivity index (χ4v) is 12.8. The molecule has 2 nitrogen and oxygen atoms in total. The average molecular weight is 953 g/mol. The predicted molar refractivity (Wildman–Crippen MR) is 314 cm³/mol. The fraction of sp³-hybridized carbons (Fsp3) is 0.0137. The van der Waals surface area contributed by atoms with E-state index in [1.165, 1.54) is 88.7 Å². The van der Waals surface area contributed by atoms with Crippen molar-refractivity contribution in [2.75, 3.05) is 4.90 Å². The number of rotatable bonds is 8. The van der Waals surface area contributed by atoms with E-state index < -0.39 is 5.41 Å². The molecular weight excluding hydrogens is 905 g/mol. The summed E-state index contributed by atoms with van der Waals surface area (Å²) in [6.45, 7) is 0. The second-order valence-electron chi connectivity index (χ2n) is 19.9. The number of anilines is 3. The minimum Gasteiger partial charge on any atom is -0.309 e. The Morgan fingerprint density at radius 1 is 0.267 bits per heavy atom. The van der Waals surface area contributed by atoms with Crippen LogP contribution in [0.2, 0.25) is 0 Å². The number of fused-ring (bicyclic) bond motifs is 12. The van der Waals surface area contributed by atoms with Crippen LogP contribution in [0.15, 0.2) is 291 Å². The maximum atomic E-state index is 2.52. The SMILES string of the molecule is c1ccc(-c2ccc(-c3ccccc3N(c3cccc(-c4ccc5c(c4)C4(c6ccccc6-5)c5ccccc5-n5c6ccccc6c6cccc4c65)c3)c3ccccc3-c3cccc(-c4ccccc4)c3)cc2)cc1. The molecule has 2 heteroatoms. The highest BCUT2D eigenvalue weighted by Crippen LogP contribution is 2.61. The second-order valence-corrected chi connectivity index (χ2v) is 19.9. The van der Waals surface area contributed by atoms with Gasteiger partial charge in [-0.2, -0.15) is 0 Å². The standard InChI is InChI=1S/C73H48N2/c1-3-20-49(21-4-1)51-40-42-52(43-41-51)58-28-8-13-36-68(58)74(69-37-14-9-29-59(69)56-26-17-24-53(46-56)50-22-5-2-6-23-50)57-27-18-25-54(47-57)55-44-45-61-60-30-7-11-33-64(60)73(67(61)48-55)65-34-12-16-39-71(65)75-70-38-15-10-31-62(70)63-32-19-35-66(73)72(63)75/h1-48H. The highest BCUT2D eigenvalue weighted by atomic mass is 15.1. The Labute approximate surface area is 437 Å². The highest BCUT2D eigenvalue weighted by molar-refractivity contribution is 6.13. The first-order chi connectivity index (χ1) is 37.2. The summed E-state index contributed by atoms with van der Waals surface area (Å²) in [6.07, 6.45) is 0. The van der Waals surface area contributed by atoms with E-state index in [2.05, 4.69) is 301 Å². The van der Waals surface area contributed by atoms with Crippen molar-refractivity contribution in [3.05, 3.63) is 313 Å². The topological polar surface area (TPSA) is 8.17 Å². The van der Waals surface area contributed by atoms with Gasteiger partial charge in [0.05, 0.1) is 33.5 Å².